The van der Waals surface area contributed by atoms with Crippen molar-refractivity contribution in [3.05, 3.63) is 65.4 Å². The molecule has 5 heteroatoms. The quantitative estimate of drug-likeness (QED) is 0.809. The molecule has 3 rings (SSSR count). The van der Waals surface area contributed by atoms with E-state index in [4.69, 9.17) is 4.74 Å². The third-order valence-electron chi connectivity index (χ3n) is 4.28. The van der Waals surface area contributed by atoms with Gasteiger partial charge in [-0.05, 0) is 37.1 Å². The summed E-state index contributed by atoms with van der Waals surface area (Å²) in [6.07, 6.45) is 0.703. The van der Waals surface area contributed by atoms with Crippen molar-refractivity contribution in [1.29, 1.82) is 0 Å². The van der Waals surface area contributed by atoms with Crippen molar-refractivity contribution in [3.63, 3.8) is 0 Å². The number of nitrogens with zero attached hydrogens (tertiary/aromatic N) is 1. The van der Waals surface area contributed by atoms with Crippen LogP contribution in [0.1, 0.15) is 24.5 Å². The minimum atomic E-state index is -0.306. The highest BCUT2D eigenvalue weighted by molar-refractivity contribution is 6.37. The molecule has 0 saturated carbocycles. The van der Waals surface area contributed by atoms with Crippen molar-refractivity contribution < 1.29 is 14.3 Å². The topological polar surface area (TPSA) is 58.6 Å². The molecule has 0 fully saturated rings. The van der Waals surface area contributed by atoms with Crippen LogP contribution in [0.3, 0.4) is 0 Å². The van der Waals surface area contributed by atoms with Gasteiger partial charge in [0, 0.05) is 17.8 Å². The first kappa shape index (κ1) is 17.7. The van der Waals surface area contributed by atoms with E-state index in [0.717, 1.165) is 11.3 Å². The van der Waals surface area contributed by atoms with Crippen molar-refractivity contribution in [3.8, 4) is 5.75 Å². The Morgan fingerprint density at radius 2 is 1.81 bits per heavy atom. The summed E-state index contributed by atoms with van der Waals surface area (Å²) >= 11 is 0. The summed E-state index contributed by atoms with van der Waals surface area (Å²) in [5, 5.41) is 3.16. The fraction of sp³-hybridized carbons (Fsp3) is 0.238. The number of hydrogen-bond acceptors (Lipinski definition) is 4. The van der Waals surface area contributed by atoms with Crippen LogP contribution in [0, 0.1) is 6.92 Å². The van der Waals surface area contributed by atoms with E-state index in [2.05, 4.69) is 5.32 Å². The van der Waals surface area contributed by atoms with E-state index in [1.807, 2.05) is 50.2 Å². The molecule has 26 heavy (non-hydrogen) atoms. The number of rotatable bonds is 6. The summed E-state index contributed by atoms with van der Waals surface area (Å²) < 4.78 is 5.41. The molecule has 0 spiro atoms. The molecule has 2 amide bonds. The second-order valence-corrected chi connectivity index (χ2v) is 6.21. The SMILES string of the molecule is CCCN1C(=O)C(Nc2cccc(C)c2)=C(c2ccccc2OC)C1=O. The maximum absolute atomic E-state index is 13.0. The number of benzene rings is 2. The van der Waals surface area contributed by atoms with E-state index in [1.165, 1.54) is 4.90 Å². The molecule has 1 N–H and O–H groups in total. The predicted molar refractivity (Wildman–Crippen MR) is 102 cm³/mol. The summed E-state index contributed by atoms with van der Waals surface area (Å²) in [6.45, 7) is 4.30. The van der Waals surface area contributed by atoms with Crippen LogP contribution in [0.25, 0.3) is 5.57 Å². The van der Waals surface area contributed by atoms with E-state index in [1.54, 1.807) is 19.2 Å². The molecular formula is C21H22N2O3. The number of amides is 2. The first-order valence-electron chi connectivity index (χ1n) is 8.64. The minimum Gasteiger partial charge on any atom is -0.496 e. The molecule has 0 aromatic heterocycles. The van der Waals surface area contributed by atoms with Gasteiger partial charge < -0.3 is 10.1 Å². The van der Waals surface area contributed by atoms with Crippen molar-refractivity contribution in [2.24, 2.45) is 0 Å². The molecular weight excluding hydrogens is 328 g/mol. The van der Waals surface area contributed by atoms with Crippen LogP contribution in [-0.2, 0) is 9.59 Å². The van der Waals surface area contributed by atoms with Crippen LogP contribution in [0.2, 0.25) is 0 Å². The summed E-state index contributed by atoms with van der Waals surface area (Å²) in [5.74, 6) is -0.0405. The molecule has 5 nitrogen and oxygen atoms in total. The van der Waals surface area contributed by atoms with Gasteiger partial charge in [-0.3, -0.25) is 14.5 Å². The van der Waals surface area contributed by atoms with Crippen LogP contribution in [-0.4, -0.2) is 30.4 Å². The lowest BCUT2D eigenvalue weighted by Gasteiger charge is -2.14. The zero-order valence-electron chi connectivity index (χ0n) is 15.2. The van der Waals surface area contributed by atoms with Gasteiger partial charge in [-0.25, -0.2) is 0 Å². The van der Waals surface area contributed by atoms with Gasteiger partial charge in [0.2, 0.25) is 0 Å². The Hall–Kier alpha value is -3.08. The zero-order valence-corrected chi connectivity index (χ0v) is 15.2. The van der Waals surface area contributed by atoms with E-state index >= 15 is 0 Å². The van der Waals surface area contributed by atoms with Gasteiger partial charge in [0.1, 0.15) is 11.4 Å². The van der Waals surface area contributed by atoms with Crippen molar-refractivity contribution in [2.75, 3.05) is 19.0 Å². The van der Waals surface area contributed by atoms with Crippen LogP contribution in [0.4, 0.5) is 5.69 Å². The highest BCUT2D eigenvalue weighted by Crippen LogP contribution is 2.35. The third-order valence-corrected chi connectivity index (χ3v) is 4.28. The maximum atomic E-state index is 13.0. The van der Waals surface area contributed by atoms with Crippen LogP contribution >= 0.6 is 0 Å². The van der Waals surface area contributed by atoms with Gasteiger partial charge in [0.25, 0.3) is 11.8 Å². The first-order valence-corrected chi connectivity index (χ1v) is 8.64. The normalized spacial score (nSPS) is 14.2. The number of nitrogens with one attached hydrogen (secondary N) is 1. The second kappa shape index (κ2) is 7.44. The number of hydrogen-bond donors (Lipinski definition) is 1. The Kier molecular flexibility index (Phi) is 5.07. The predicted octanol–water partition coefficient (Wildman–Crippen LogP) is 3.61. The van der Waals surface area contributed by atoms with E-state index < -0.39 is 0 Å². The molecule has 1 aliphatic rings. The first-order chi connectivity index (χ1) is 12.6. The van der Waals surface area contributed by atoms with Crippen molar-refractivity contribution >= 4 is 23.1 Å². The van der Waals surface area contributed by atoms with Gasteiger partial charge in [-0.1, -0.05) is 37.3 Å². The zero-order chi connectivity index (χ0) is 18.7. The molecule has 2 aromatic carbocycles. The van der Waals surface area contributed by atoms with Crippen LogP contribution in [0.5, 0.6) is 5.75 Å². The Morgan fingerprint density at radius 3 is 2.50 bits per heavy atom. The lowest BCUT2D eigenvalue weighted by Crippen LogP contribution is -2.33. The molecule has 0 bridgehead atoms. The van der Waals surface area contributed by atoms with E-state index in [0.29, 0.717) is 35.5 Å². The standard InChI is InChI=1S/C21H22N2O3/c1-4-12-23-20(24)18(16-10-5-6-11-17(16)26-3)19(21(23)25)22-15-9-7-8-14(2)13-15/h5-11,13,22H,4,12H2,1-3H3. The van der Waals surface area contributed by atoms with E-state index in [9.17, 15) is 9.59 Å². The molecule has 0 atom stereocenters. The Balaban J connectivity index is 2.13. The number of carbonyl (C=O) groups excluding carboxylic acids is 2. The molecule has 0 aliphatic carbocycles. The molecule has 1 heterocycles. The van der Waals surface area contributed by atoms with Crippen LogP contribution < -0.4 is 10.1 Å². The molecule has 0 radical (unpaired) electrons. The van der Waals surface area contributed by atoms with Crippen molar-refractivity contribution in [2.45, 2.75) is 20.3 Å². The lowest BCUT2D eigenvalue weighted by molar-refractivity contribution is -0.136. The number of para-hydroxylation sites is 1. The summed E-state index contributed by atoms with van der Waals surface area (Å²) in [4.78, 5) is 27.2. The summed E-state index contributed by atoms with van der Waals surface area (Å²) in [6, 6.07) is 14.9. The average Bonchev–Trinajstić information content (AvgIpc) is 2.86. The van der Waals surface area contributed by atoms with Crippen LogP contribution in [0.15, 0.2) is 54.2 Å². The van der Waals surface area contributed by atoms with Crippen molar-refractivity contribution in [1.82, 2.24) is 4.90 Å². The molecule has 0 unspecified atom stereocenters. The molecule has 1 aliphatic heterocycles. The fourth-order valence-corrected chi connectivity index (χ4v) is 3.09. The molecule has 134 valence electrons. The Labute approximate surface area is 153 Å². The number of carbonyl (C=O) groups is 2. The number of methoxy groups -OCH3 is 1. The van der Waals surface area contributed by atoms with Gasteiger partial charge in [-0.2, -0.15) is 0 Å². The average molecular weight is 350 g/mol. The van der Waals surface area contributed by atoms with Gasteiger partial charge >= 0.3 is 0 Å². The smallest absolute Gasteiger partial charge is 0.278 e. The second-order valence-electron chi connectivity index (χ2n) is 6.21. The van der Waals surface area contributed by atoms with E-state index in [-0.39, 0.29) is 11.8 Å². The highest BCUT2D eigenvalue weighted by atomic mass is 16.5. The number of anilines is 1. The molecule has 0 saturated heterocycles. The summed E-state index contributed by atoms with van der Waals surface area (Å²) in [7, 11) is 1.55. The number of ether oxygens (including phenoxy) is 1. The van der Waals surface area contributed by atoms with Gasteiger partial charge in [0.05, 0.1) is 12.7 Å². The highest BCUT2D eigenvalue weighted by Gasteiger charge is 2.39. The maximum Gasteiger partial charge on any atom is 0.278 e. The summed E-state index contributed by atoms with van der Waals surface area (Å²) in [5.41, 5.74) is 3.09. The monoisotopic (exact) mass is 350 g/mol. The largest absolute Gasteiger partial charge is 0.496 e. The Bertz CT molecular complexity index is 886. The minimum absolute atomic E-state index is 0.290. The fourth-order valence-electron chi connectivity index (χ4n) is 3.09. The van der Waals surface area contributed by atoms with Gasteiger partial charge in [-0.15, -0.1) is 0 Å². The Morgan fingerprint density at radius 1 is 1.04 bits per heavy atom. The third kappa shape index (κ3) is 3.20. The number of aryl methyl sites for hydroxylation is 1. The molecule has 2 aromatic rings. The van der Waals surface area contributed by atoms with Gasteiger partial charge in [0.15, 0.2) is 0 Å². The lowest BCUT2D eigenvalue weighted by atomic mass is 10.0. The number of imide groups is 1.